The monoisotopic (exact) mass is 415 g/mol. The van der Waals surface area contributed by atoms with E-state index >= 15 is 0 Å². The molecular weight excluding hydrogens is 389 g/mol. The van der Waals surface area contributed by atoms with Gasteiger partial charge in [-0.1, -0.05) is 78.9 Å². The number of nitrogens with zero attached hydrogens (tertiary/aromatic N) is 1. The molecule has 4 heteroatoms. The van der Waals surface area contributed by atoms with E-state index in [0.717, 1.165) is 13.1 Å². The van der Waals surface area contributed by atoms with E-state index in [2.05, 4.69) is 115 Å². The van der Waals surface area contributed by atoms with Crippen molar-refractivity contribution in [2.24, 2.45) is 0 Å². The summed E-state index contributed by atoms with van der Waals surface area (Å²) in [5.41, 5.74) is 5.20. The molecular formula is C26H26NO2P. The lowest BCUT2D eigenvalue weighted by molar-refractivity contribution is -0.134. The lowest BCUT2D eigenvalue weighted by Gasteiger charge is -2.37. The average Bonchev–Trinajstić information content (AvgIpc) is 2.76. The van der Waals surface area contributed by atoms with Gasteiger partial charge in [0.15, 0.2) is 0 Å². The molecule has 0 fully saturated rings. The fraction of sp³-hybridized carbons (Fsp3) is 0.115. The van der Waals surface area contributed by atoms with Crippen molar-refractivity contribution in [2.45, 2.75) is 13.8 Å². The molecule has 0 radical (unpaired) electrons. The summed E-state index contributed by atoms with van der Waals surface area (Å²) in [4.78, 5) is 9.00. The van der Waals surface area contributed by atoms with Crippen LogP contribution in [-0.2, 0) is 4.79 Å². The van der Waals surface area contributed by atoms with E-state index in [0.29, 0.717) is 0 Å². The van der Waals surface area contributed by atoms with Gasteiger partial charge in [-0.05, 0) is 42.3 Å². The molecule has 3 nitrogen and oxygen atoms in total. The Morgan fingerprint density at radius 3 is 1.73 bits per heavy atom. The van der Waals surface area contributed by atoms with E-state index in [-0.39, 0.29) is 0 Å². The van der Waals surface area contributed by atoms with Crippen LogP contribution >= 0.6 is 8.07 Å². The van der Waals surface area contributed by atoms with Gasteiger partial charge in [-0.2, -0.15) is 0 Å². The predicted molar refractivity (Wildman–Crippen MR) is 128 cm³/mol. The molecule has 1 atom stereocenters. The van der Waals surface area contributed by atoms with E-state index in [1.807, 2.05) is 0 Å². The quantitative estimate of drug-likeness (QED) is 0.454. The zero-order valence-corrected chi connectivity index (χ0v) is 18.2. The minimum atomic E-state index is -0.833. The van der Waals surface area contributed by atoms with E-state index in [4.69, 9.17) is 9.90 Å². The summed E-state index contributed by atoms with van der Waals surface area (Å²) in [6, 6.07) is 32.4. The molecule has 1 unspecified atom stereocenters. The Kier molecular flexibility index (Phi) is 7.59. The molecule has 0 aliphatic carbocycles. The van der Waals surface area contributed by atoms with Crippen LogP contribution in [0, 0.1) is 0 Å². The van der Waals surface area contributed by atoms with Crippen LogP contribution in [0.5, 0.6) is 0 Å². The van der Waals surface area contributed by atoms with Gasteiger partial charge >= 0.3 is 0 Å². The highest BCUT2D eigenvalue weighted by atomic mass is 31.1. The second kappa shape index (κ2) is 10.6. The van der Waals surface area contributed by atoms with Crippen molar-refractivity contribution in [1.29, 1.82) is 0 Å². The van der Waals surface area contributed by atoms with Crippen LogP contribution < -0.4 is 4.67 Å². The third-order valence-electron chi connectivity index (χ3n) is 4.57. The number of hydrogen-bond acceptors (Lipinski definition) is 2. The Labute approximate surface area is 179 Å². The lowest BCUT2D eigenvalue weighted by Crippen LogP contribution is -2.14. The number of rotatable bonds is 4. The van der Waals surface area contributed by atoms with Crippen LogP contribution in [0.15, 0.2) is 109 Å². The van der Waals surface area contributed by atoms with Gasteiger partial charge in [0.1, 0.15) is 0 Å². The first-order chi connectivity index (χ1) is 14.6. The standard InChI is InChI=1S/C24H22NP.C2H4O2/c1-20-12-11-19-26(24(20)21-13-5-2-6-14-21)25(22-15-7-3-8-16-22)23-17-9-4-10-18-23;1-2(3)4/h2-18H,19H2,1H3;1H3,(H,3,4). The molecule has 0 amide bonds. The number of benzene rings is 3. The molecule has 4 rings (SSSR count). The summed E-state index contributed by atoms with van der Waals surface area (Å²) in [5.74, 6) is -0.833. The van der Waals surface area contributed by atoms with Crippen molar-refractivity contribution in [2.75, 3.05) is 10.8 Å². The van der Waals surface area contributed by atoms with E-state index in [1.165, 1.54) is 27.8 Å². The third kappa shape index (κ3) is 5.46. The van der Waals surface area contributed by atoms with Gasteiger partial charge in [0, 0.05) is 37.8 Å². The molecule has 1 aliphatic heterocycles. The molecule has 0 saturated heterocycles. The molecule has 1 aliphatic rings. The lowest BCUT2D eigenvalue weighted by atomic mass is 10.1. The molecule has 0 aromatic heterocycles. The van der Waals surface area contributed by atoms with E-state index in [9.17, 15) is 0 Å². The van der Waals surface area contributed by atoms with Crippen molar-refractivity contribution in [3.63, 3.8) is 0 Å². The van der Waals surface area contributed by atoms with Crippen molar-refractivity contribution in [1.82, 2.24) is 0 Å². The molecule has 0 bridgehead atoms. The molecule has 1 N–H and O–H groups in total. The van der Waals surface area contributed by atoms with Crippen LogP contribution in [0.25, 0.3) is 5.31 Å². The fourth-order valence-electron chi connectivity index (χ4n) is 3.42. The first kappa shape index (κ1) is 21.5. The summed E-state index contributed by atoms with van der Waals surface area (Å²) in [5, 5.41) is 8.89. The van der Waals surface area contributed by atoms with Crippen LogP contribution in [0.4, 0.5) is 11.4 Å². The topological polar surface area (TPSA) is 40.5 Å². The molecule has 0 saturated carbocycles. The number of hydrogen-bond donors (Lipinski definition) is 1. The molecule has 3 aromatic carbocycles. The molecule has 3 aromatic rings. The third-order valence-corrected chi connectivity index (χ3v) is 7.20. The second-order valence-corrected chi connectivity index (χ2v) is 8.90. The Hall–Kier alpha value is -3.16. The highest BCUT2D eigenvalue weighted by Crippen LogP contribution is 2.60. The van der Waals surface area contributed by atoms with Crippen molar-refractivity contribution in [3.8, 4) is 0 Å². The predicted octanol–water partition coefficient (Wildman–Crippen LogP) is 7.31. The van der Waals surface area contributed by atoms with Gasteiger partial charge in [0.25, 0.3) is 5.97 Å². The smallest absolute Gasteiger partial charge is 0.300 e. The van der Waals surface area contributed by atoms with Gasteiger partial charge in [0.2, 0.25) is 0 Å². The highest BCUT2D eigenvalue weighted by molar-refractivity contribution is 7.70. The van der Waals surface area contributed by atoms with Gasteiger partial charge in [-0.3, -0.25) is 4.79 Å². The number of allylic oxidation sites excluding steroid dienone is 3. The number of para-hydroxylation sites is 2. The first-order valence-electron chi connectivity index (χ1n) is 9.88. The van der Waals surface area contributed by atoms with Gasteiger partial charge in [-0.25, -0.2) is 0 Å². The first-order valence-corrected chi connectivity index (χ1v) is 11.4. The Morgan fingerprint density at radius 1 is 0.833 bits per heavy atom. The minimum absolute atomic E-state index is 0.541. The van der Waals surface area contributed by atoms with Crippen molar-refractivity contribution < 1.29 is 9.90 Å². The fourth-order valence-corrected chi connectivity index (χ4v) is 6.03. The zero-order chi connectivity index (χ0) is 21.3. The van der Waals surface area contributed by atoms with Gasteiger partial charge < -0.3 is 9.78 Å². The zero-order valence-electron chi connectivity index (χ0n) is 17.3. The normalized spacial score (nSPS) is 15.2. The molecule has 0 spiro atoms. The van der Waals surface area contributed by atoms with Crippen LogP contribution in [0.3, 0.4) is 0 Å². The number of aliphatic carboxylic acids is 1. The molecule has 1 heterocycles. The number of carboxylic acids is 1. The van der Waals surface area contributed by atoms with Crippen LogP contribution in [0.2, 0.25) is 0 Å². The van der Waals surface area contributed by atoms with E-state index < -0.39 is 14.0 Å². The van der Waals surface area contributed by atoms with Crippen molar-refractivity contribution >= 4 is 30.7 Å². The minimum Gasteiger partial charge on any atom is -0.481 e. The van der Waals surface area contributed by atoms with Gasteiger partial charge in [0.05, 0.1) is 0 Å². The largest absolute Gasteiger partial charge is 0.481 e. The highest BCUT2D eigenvalue weighted by Gasteiger charge is 2.27. The summed E-state index contributed by atoms with van der Waals surface area (Å²) < 4.78 is 2.53. The Balaban J connectivity index is 0.000000589. The summed E-state index contributed by atoms with van der Waals surface area (Å²) in [6.45, 7) is 3.32. The summed E-state index contributed by atoms with van der Waals surface area (Å²) >= 11 is 0. The van der Waals surface area contributed by atoms with Crippen LogP contribution in [-0.4, -0.2) is 17.2 Å². The maximum atomic E-state index is 9.00. The number of carbonyl (C=O) groups is 1. The number of anilines is 2. The van der Waals surface area contributed by atoms with Crippen LogP contribution in [0.1, 0.15) is 19.4 Å². The summed E-state index contributed by atoms with van der Waals surface area (Å²) in [6.07, 6.45) is 5.66. The maximum Gasteiger partial charge on any atom is 0.300 e. The molecule has 152 valence electrons. The van der Waals surface area contributed by atoms with Gasteiger partial charge in [-0.15, -0.1) is 0 Å². The SMILES string of the molecule is CC(=O)O.CC1=C(c2ccccc2)P(N(c2ccccc2)c2ccccc2)CC=C1. The Bertz CT molecular complexity index is 971. The maximum absolute atomic E-state index is 9.00. The van der Waals surface area contributed by atoms with E-state index in [1.54, 1.807) is 0 Å². The number of carboxylic acid groups (broad SMARTS) is 1. The average molecular weight is 415 g/mol. The summed E-state index contributed by atoms with van der Waals surface area (Å²) in [7, 11) is -0.541. The second-order valence-electron chi connectivity index (χ2n) is 6.88. The Morgan fingerprint density at radius 2 is 1.27 bits per heavy atom. The van der Waals surface area contributed by atoms with Crippen molar-refractivity contribution in [3.05, 3.63) is 114 Å². The molecule has 30 heavy (non-hydrogen) atoms.